The second-order valence-corrected chi connectivity index (χ2v) is 2.64. The van der Waals surface area contributed by atoms with Crippen LogP contribution in [0.4, 0.5) is 0 Å². The fourth-order valence-corrected chi connectivity index (χ4v) is 0.991. The first-order chi connectivity index (χ1) is 4.43. The summed E-state index contributed by atoms with van der Waals surface area (Å²) in [6, 6.07) is 0.747. The van der Waals surface area contributed by atoms with Crippen molar-refractivity contribution in [3.05, 3.63) is 0 Å². The van der Waals surface area contributed by atoms with E-state index in [1.165, 1.54) is 19.3 Å². The normalized spacial score (nSPS) is 19.7. The van der Waals surface area contributed by atoms with E-state index in [1.807, 2.05) is 0 Å². The van der Waals surface area contributed by atoms with Crippen molar-refractivity contribution >= 4 is 0 Å². The molecule has 0 heterocycles. The summed E-state index contributed by atoms with van der Waals surface area (Å²) in [5.74, 6) is 0. The van der Waals surface area contributed by atoms with Gasteiger partial charge in [-0.25, -0.2) is 5.11 Å². The predicted octanol–water partition coefficient (Wildman–Crippen LogP) is 0.949. The molecule has 1 saturated carbocycles. The molecule has 0 bridgehead atoms. The van der Waals surface area contributed by atoms with Gasteiger partial charge in [0.05, 0.1) is 6.61 Å². The van der Waals surface area contributed by atoms with E-state index >= 15 is 0 Å². The lowest BCUT2D eigenvalue weighted by molar-refractivity contribution is 0.184. The summed E-state index contributed by atoms with van der Waals surface area (Å²) in [6.45, 7) is 0.994. The molecule has 0 unspecified atom stereocenters. The van der Waals surface area contributed by atoms with Crippen molar-refractivity contribution in [2.24, 2.45) is 0 Å². The van der Waals surface area contributed by atoms with Crippen molar-refractivity contribution < 1.29 is 5.11 Å². The molecule has 0 atom stereocenters. The maximum Gasteiger partial charge on any atom is 0.0834 e. The van der Waals surface area contributed by atoms with E-state index in [2.05, 4.69) is 5.32 Å². The Kier molecular flexibility index (Phi) is 3.01. The van der Waals surface area contributed by atoms with Crippen molar-refractivity contribution in [1.29, 1.82) is 0 Å². The van der Waals surface area contributed by atoms with E-state index in [9.17, 15) is 5.11 Å². The minimum absolute atomic E-state index is 0.0692. The first kappa shape index (κ1) is 7.03. The zero-order valence-corrected chi connectivity index (χ0v) is 5.73. The number of hydrogen-bond donors (Lipinski definition) is 1. The van der Waals surface area contributed by atoms with Crippen LogP contribution in [0, 0.1) is 0 Å². The molecule has 1 rings (SSSR count). The Morgan fingerprint density at radius 3 is 2.67 bits per heavy atom. The minimum atomic E-state index is 0.0692. The van der Waals surface area contributed by atoms with Gasteiger partial charge in [-0.3, -0.25) is 0 Å². The van der Waals surface area contributed by atoms with Crippen LogP contribution in [0.2, 0.25) is 0 Å². The largest absolute Gasteiger partial charge is 0.314 e. The highest BCUT2D eigenvalue weighted by Gasteiger charge is 2.15. The predicted molar refractivity (Wildman–Crippen MR) is 35.8 cm³/mol. The second kappa shape index (κ2) is 3.85. The van der Waals surface area contributed by atoms with Crippen molar-refractivity contribution in [2.45, 2.75) is 31.7 Å². The Bertz CT molecular complexity index is 71.3. The standard InChI is InChI=1S/C7H14NO/c9-6-2-5-8-7-3-1-4-7/h7-8H,1-6H2. The van der Waals surface area contributed by atoms with Gasteiger partial charge in [0.2, 0.25) is 0 Å². The van der Waals surface area contributed by atoms with E-state index < -0.39 is 0 Å². The third-order valence-electron chi connectivity index (χ3n) is 1.86. The van der Waals surface area contributed by atoms with Crippen LogP contribution in [-0.2, 0) is 5.11 Å². The Hall–Kier alpha value is -0.0800. The van der Waals surface area contributed by atoms with E-state index in [-0.39, 0.29) is 6.61 Å². The van der Waals surface area contributed by atoms with E-state index in [0.717, 1.165) is 19.0 Å². The summed E-state index contributed by atoms with van der Waals surface area (Å²) in [6.07, 6.45) is 4.79. The molecular formula is C7H14NO. The van der Waals surface area contributed by atoms with Crippen molar-refractivity contribution in [3.63, 3.8) is 0 Å². The molecule has 9 heavy (non-hydrogen) atoms. The fourth-order valence-electron chi connectivity index (χ4n) is 0.991. The number of hydrogen-bond acceptors (Lipinski definition) is 1. The lowest BCUT2D eigenvalue weighted by Gasteiger charge is -2.26. The maximum absolute atomic E-state index is 9.98. The Balaban J connectivity index is 1.80. The summed E-state index contributed by atoms with van der Waals surface area (Å²) in [5.41, 5.74) is 0. The monoisotopic (exact) mass is 128 g/mol. The zero-order valence-electron chi connectivity index (χ0n) is 5.73. The van der Waals surface area contributed by atoms with Gasteiger partial charge in [0.15, 0.2) is 0 Å². The van der Waals surface area contributed by atoms with Gasteiger partial charge in [-0.05, 0) is 25.8 Å². The fraction of sp³-hybridized carbons (Fsp3) is 1.00. The third kappa shape index (κ3) is 2.33. The molecule has 0 saturated heterocycles. The summed E-state index contributed by atoms with van der Waals surface area (Å²) < 4.78 is 0. The molecule has 1 aliphatic carbocycles. The average molecular weight is 128 g/mol. The molecule has 0 aromatic rings. The highest BCUT2D eigenvalue weighted by atomic mass is 16.3. The smallest absolute Gasteiger partial charge is 0.0834 e. The molecule has 0 spiro atoms. The SMILES string of the molecule is [O]CCCNC1CCC1. The van der Waals surface area contributed by atoms with Gasteiger partial charge in [-0.1, -0.05) is 6.42 Å². The highest BCUT2D eigenvalue weighted by Crippen LogP contribution is 2.17. The van der Waals surface area contributed by atoms with Gasteiger partial charge in [0, 0.05) is 6.04 Å². The van der Waals surface area contributed by atoms with Gasteiger partial charge in [0.25, 0.3) is 0 Å². The molecule has 1 fully saturated rings. The maximum atomic E-state index is 9.98. The summed E-state index contributed by atoms with van der Waals surface area (Å²) in [4.78, 5) is 0. The molecule has 1 aliphatic rings. The van der Waals surface area contributed by atoms with Crippen LogP contribution in [-0.4, -0.2) is 19.2 Å². The molecule has 2 heteroatoms. The first-order valence-electron chi connectivity index (χ1n) is 3.75. The van der Waals surface area contributed by atoms with Crippen molar-refractivity contribution in [2.75, 3.05) is 13.2 Å². The van der Waals surface area contributed by atoms with E-state index in [0.29, 0.717) is 0 Å². The van der Waals surface area contributed by atoms with Crippen LogP contribution in [0.15, 0.2) is 0 Å². The van der Waals surface area contributed by atoms with Crippen LogP contribution in [0.1, 0.15) is 25.7 Å². The van der Waals surface area contributed by atoms with Gasteiger partial charge < -0.3 is 5.32 Å². The van der Waals surface area contributed by atoms with Crippen molar-refractivity contribution in [1.82, 2.24) is 5.32 Å². The molecule has 0 amide bonds. The van der Waals surface area contributed by atoms with Gasteiger partial charge in [0.1, 0.15) is 0 Å². The molecule has 2 nitrogen and oxygen atoms in total. The van der Waals surface area contributed by atoms with Gasteiger partial charge in [-0.2, -0.15) is 0 Å². The Morgan fingerprint density at radius 1 is 1.44 bits per heavy atom. The highest BCUT2D eigenvalue weighted by molar-refractivity contribution is 4.75. The summed E-state index contributed by atoms with van der Waals surface area (Å²) >= 11 is 0. The number of rotatable bonds is 4. The molecular weight excluding hydrogens is 114 g/mol. The molecule has 1 radical (unpaired) electrons. The van der Waals surface area contributed by atoms with Crippen LogP contribution in [0.5, 0.6) is 0 Å². The topological polar surface area (TPSA) is 31.9 Å². The van der Waals surface area contributed by atoms with Crippen LogP contribution < -0.4 is 5.32 Å². The van der Waals surface area contributed by atoms with Gasteiger partial charge in [-0.15, -0.1) is 0 Å². The van der Waals surface area contributed by atoms with Gasteiger partial charge >= 0.3 is 0 Å². The quantitative estimate of drug-likeness (QED) is 0.562. The summed E-state index contributed by atoms with van der Waals surface area (Å²) in [7, 11) is 0. The van der Waals surface area contributed by atoms with Crippen LogP contribution in [0.25, 0.3) is 0 Å². The molecule has 1 N–H and O–H groups in total. The lowest BCUT2D eigenvalue weighted by atomic mass is 9.93. The molecule has 0 aliphatic heterocycles. The van der Waals surface area contributed by atoms with Crippen LogP contribution >= 0.6 is 0 Å². The molecule has 0 aromatic carbocycles. The zero-order chi connectivity index (χ0) is 6.53. The molecule has 53 valence electrons. The van der Waals surface area contributed by atoms with Crippen LogP contribution in [0.3, 0.4) is 0 Å². The lowest BCUT2D eigenvalue weighted by Crippen LogP contribution is -2.35. The number of nitrogens with one attached hydrogen (secondary N) is 1. The second-order valence-electron chi connectivity index (χ2n) is 2.64. The van der Waals surface area contributed by atoms with E-state index in [1.54, 1.807) is 0 Å². The van der Waals surface area contributed by atoms with Crippen molar-refractivity contribution in [3.8, 4) is 0 Å². The molecule has 0 aromatic heterocycles. The summed E-state index contributed by atoms with van der Waals surface area (Å²) in [5, 5.41) is 13.3. The average Bonchev–Trinajstić information content (AvgIpc) is 1.76. The van der Waals surface area contributed by atoms with E-state index in [4.69, 9.17) is 0 Å². The third-order valence-corrected chi connectivity index (χ3v) is 1.86. The Morgan fingerprint density at radius 2 is 2.22 bits per heavy atom. The minimum Gasteiger partial charge on any atom is -0.314 e. The first-order valence-corrected chi connectivity index (χ1v) is 3.75. The Labute approximate surface area is 56.3 Å².